The summed E-state index contributed by atoms with van der Waals surface area (Å²) in [4.78, 5) is 8.99. The molecule has 0 aliphatic carbocycles. The number of unbranched alkanes of at least 4 members (excludes halogenated alkanes) is 3. The lowest BCUT2D eigenvalue weighted by Crippen LogP contribution is -1.92. The number of benzene rings is 2. The Hall–Kier alpha value is -2.62. The van der Waals surface area contributed by atoms with Crippen LogP contribution in [0.3, 0.4) is 0 Å². The molecule has 0 aromatic heterocycles. The average molecular weight is 352 g/mol. The van der Waals surface area contributed by atoms with Gasteiger partial charge in [0, 0.05) is 36.6 Å². The fraction of sp³-hybridized carbons (Fsp3) is 0.364. The number of hydrogen-bond acceptors (Lipinski definition) is 4. The summed E-state index contributed by atoms with van der Waals surface area (Å²) in [6.45, 7) is 1.70. The summed E-state index contributed by atoms with van der Waals surface area (Å²) >= 11 is 0. The molecule has 0 aliphatic rings. The van der Waals surface area contributed by atoms with E-state index in [0.717, 1.165) is 48.6 Å². The first-order valence-corrected chi connectivity index (χ1v) is 9.11. The highest BCUT2D eigenvalue weighted by molar-refractivity contribution is 5.83. The Morgan fingerprint density at radius 3 is 1.50 bits per heavy atom. The van der Waals surface area contributed by atoms with E-state index in [9.17, 15) is 0 Å². The van der Waals surface area contributed by atoms with Crippen LogP contribution in [0.1, 0.15) is 36.8 Å². The van der Waals surface area contributed by atoms with Crippen LogP contribution in [0.2, 0.25) is 0 Å². The van der Waals surface area contributed by atoms with Crippen LogP contribution < -0.4 is 9.47 Å². The van der Waals surface area contributed by atoms with E-state index in [4.69, 9.17) is 9.47 Å². The molecule has 26 heavy (non-hydrogen) atoms. The molecule has 0 amide bonds. The third kappa shape index (κ3) is 6.71. The molecule has 0 aliphatic heterocycles. The zero-order valence-electron chi connectivity index (χ0n) is 15.7. The first-order chi connectivity index (χ1) is 12.8. The smallest absolute Gasteiger partial charge is 0.127 e. The van der Waals surface area contributed by atoms with E-state index in [-0.39, 0.29) is 0 Å². The van der Waals surface area contributed by atoms with Gasteiger partial charge >= 0.3 is 0 Å². The van der Waals surface area contributed by atoms with Crippen molar-refractivity contribution in [1.82, 2.24) is 0 Å². The van der Waals surface area contributed by atoms with Crippen LogP contribution >= 0.6 is 0 Å². The number of aliphatic imine (C=N–C) groups is 2. The standard InChI is InChI=1S/C22H28N2O2/c1-25-21-13-7-5-11-19(21)17-23-15-9-3-4-10-16-24-18-20-12-6-8-14-22(20)26-2/h5-8,11-14,17-18H,3-4,9-10,15-16H2,1-2H3/b23-17+,24-18+. The zero-order valence-corrected chi connectivity index (χ0v) is 15.7. The Morgan fingerprint density at radius 1 is 0.654 bits per heavy atom. The molecule has 0 heterocycles. The van der Waals surface area contributed by atoms with Crippen molar-refractivity contribution in [2.24, 2.45) is 9.98 Å². The van der Waals surface area contributed by atoms with Crippen molar-refractivity contribution in [3.8, 4) is 11.5 Å². The van der Waals surface area contributed by atoms with Crippen molar-refractivity contribution in [1.29, 1.82) is 0 Å². The minimum absolute atomic E-state index is 0.850. The maximum absolute atomic E-state index is 5.31. The molecule has 0 fully saturated rings. The van der Waals surface area contributed by atoms with Crippen LogP contribution in [-0.4, -0.2) is 39.7 Å². The predicted octanol–water partition coefficient (Wildman–Crippen LogP) is 4.80. The zero-order chi connectivity index (χ0) is 18.5. The van der Waals surface area contributed by atoms with Crippen LogP contribution in [0.15, 0.2) is 58.5 Å². The van der Waals surface area contributed by atoms with E-state index in [2.05, 4.69) is 9.98 Å². The molecule has 2 aromatic carbocycles. The highest BCUT2D eigenvalue weighted by Crippen LogP contribution is 2.15. The minimum atomic E-state index is 0.850. The molecule has 0 radical (unpaired) electrons. The number of ether oxygens (including phenoxy) is 2. The maximum atomic E-state index is 5.31. The molecule has 4 nitrogen and oxygen atoms in total. The summed E-state index contributed by atoms with van der Waals surface area (Å²) in [6.07, 6.45) is 8.34. The van der Waals surface area contributed by atoms with Crippen molar-refractivity contribution < 1.29 is 9.47 Å². The van der Waals surface area contributed by atoms with Crippen LogP contribution in [0.5, 0.6) is 11.5 Å². The summed E-state index contributed by atoms with van der Waals surface area (Å²) in [5.41, 5.74) is 2.06. The van der Waals surface area contributed by atoms with Crippen LogP contribution in [-0.2, 0) is 0 Å². The second kappa shape index (κ2) is 11.9. The van der Waals surface area contributed by atoms with Gasteiger partial charge in [0.15, 0.2) is 0 Å². The Labute approximate surface area is 156 Å². The van der Waals surface area contributed by atoms with Gasteiger partial charge in [-0.05, 0) is 37.1 Å². The molecule has 2 rings (SSSR count). The van der Waals surface area contributed by atoms with Gasteiger partial charge in [-0.15, -0.1) is 0 Å². The summed E-state index contributed by atoms with van der Waals surface area (Å²) < 4.78 is 10.6. The van der Waals surface area contributed by atoms with E-state index < -0.39 is 0 Å². The summed E-state index contributed by atoms with van der Waals surface area (Å²) in [5.74, 6) is 1.73. The summed E-state index contributed by atoms with van der Waals surface area (Å²) in [7, 11) is 3.37. The second-order valence-corrected chi connectivity index (χ2v) is 5.97. The molecule has 0 spiro atoms. The van der Waals surface area contributed by atoms with Crippen molar-refractivity contribution in [3.63, 3.8) is 0 Å². The molecular formula is C22H28N2O2. The number of rotatable bonds is 11. The molecule has 138 valence electrons. The highest BCUT2D eigenvalue weighted by Gasteiger charge is 1.98. The third-order valence-corrected chi connectivity index (χ3v) is 4.06. The lowest BCUT2D eigenvalue weighted by molar-refractivity contribution is 0.414. The van der Waals surface area contributed by atoms with Crippen LogP contribution in [0, 0.1) is 0 Å². The first-order valence-electron chi connectivity index (χ1n) is 9.11. The minimum Gasteiger partial charge on any atom is -0.496 e. The molecule has 2 aromatic rings. The van der Waals surface area contributed by atoms with Crippen molar-refractivity contribution in [2.45, 2.75) is 25.7 Å². The van der Waals surface area contributed by atoms with Gasteiger partial charge in [-0.1, -0.05) is 37.1 Å². The quantitative estimate of drug-likeness (QED) is 0.430. The van der Waals surface area contributed by atoms with Gasteiger partial charge in [-0.3, -0.25) is 9.98 Å². The van der Waals surface area contributed by atoms with Gasteiger partial charge < -0.3 is 9.47 Å². The fourth-order valence-corrected chi connectivity index (χ4v) is 2.63. The van der Waals surface area contributed by atoms with Gasteiger partial charge in [0.05, 0.1) is 14.2 Å². The van der Waals surface area contributed by atoms with Crippen molar-refractivity contribution in [3.05, 3.63) is 59.7 Å². The van der Waals surface area contributed by atoms with Crippen LogP contribution in [0.25, 0.3) is 0 Å². The fourth-order valence-electron chi connectivity index (χ4n) is 2.63. The SMILES string of the molecule is COc1ccccc1/C=N/CCCCCC/N=C/c1ccccc1OC. The third-order valence-electron chi connectivity index (χ3n) is 4.06. The molecule has 0 N–H and O–H groups in total. The molecule has 0 saturated heterocycles. The lowest BCUT2D eigenvalue weighted by atomic mass is 10.2. The number of para-hydroxylation sites is 2. The normalized spacial score (nSPS) is 11.3. The average Bonchev–Trinajstić information content (AvgIpc) is 2.70. The molecule has 0 atom stereocenters. The van der Waals surface area contributed by atoms with Gasteiger partial charge in [-0.2, -0.15) is 0 Å². The summed E-state index contributed by atoms with van der Waals surface area (Å²) in [6, 6.07) is 15.9. The van der Waals surface area contributed by atoms with Gasteiger partial charge in [0.2, 0.25) is 0 Å². The monoisotopic (exact) mass is 352 g/mol. The molecule has 0 saturated carbocycles. The van der Waals surface area contributed by atoms with E-state index in [1.54, 1.807) is 14.2 Å². The molecule has 0 unspecified atom stereocenters. The lowest BCUT2D eigenvalue weighted by Gasteiger charge is -2.03. The first kappa shape index (κ1) is 19.7. The predicted molar refractivity (Wildman–Crippen MR) is 109 cm³/mol. The van der Waals surface area contributed by atoms with Crippen molar-refractivity contribution in [2.75, 3.05) is 27.3 Å². The molecule has 4 heteroatoms. The highest BCUT2D eigenvalue weighted by atomic mass is 16.5. The van der Waals surface area contributed by atoms with E-state index in [1.165, 1.54) is 12.8 Å². The maximum Gasteiger partial charge on any atom is 0.127 e. The second-order valence-electron chi connectivity index (χ2n) is 5.97. The van der Waals surface area contributed by atoms with Crippen molar-refractivity contribution >= 4 is 12.4 Å². The Morgan fingerprint density at radius 2 is 1.08 bits per heavy atom. The van der Waals surface area contributed by atoms with Gasteiger partial charge in [-0.25, -0.2) is 0 Å². The van der Waals surface area contributed by atoms with Gasteiger partial charge in [0.25, 0.3) is 0 Å². The van der Waals surface area contributed by atoms with E-state index >= 15 is 0 Å². The van der Waals surface area contributed by atoms with Gasteiger partial charge in [0.1, 0.15) is 11.5 Å². The Kier molecular flexibility index (Phi) is 8.98. The topological polar surface area (TPSA) is 43.2 Å². The number of nitrogens with zero attached hydrogens (tertiary/aromatic N) is 2. The Balaban J connectivity index is 1.58. The Bertz CT molecular complexity index is 649. The largest absolute Gasteiger partial charge is 0.496 e. The number of methoxy groups -OCH3 is 2. The molecular weight excluding hydrogens is 324 g/mol. The van der Waals surface area contributed by atoms with E-state index in [1.807, 2.05) is 61.0 Å². The number of hydrogen-bond donors (Lipinski definition) is 0. The van der Waals surface area contributed by atoms with Crippen LogP contribution in [0.4, 0.5) is 0 Å². The van der Waals surface area contributed by atoms with E-state index in [0.29, 0.717) is 0 Å². The summed E-state index contributed by atoms with van der Waals surface area (Å²) in [5, 5.41) is 0. The molecule has 0 bridgehead atoms.